The summed E-state index contributed by atoms with van der Waals surface area (Å²) in [5.41, 5.74) is 1.27. The summed E-state index contributed by atoms with van der Waals surface area (Å²) in [5.74, 6) is 0. The maximum Gasteiger partial charge on any atom is 0.0312 e. The molecule has 1 N–H and O–H groups in total. The van der Waals surface area contributed by atoms with Gasteiger partial charge < -0.3 is 10.2 Å². The van der Waals surface area contributed by atoms with Gasteiger partial charge in [-0.2, -0.15) is 0 Å². The van der Waals surface area contributed by atoms with Crippen LogP contribution in [0.5, 0.6) is 0 Å². The van der Waals surface area contributed by atoms with E-state index in [9.17, 15) is 0 Å². The molecule has 4 nitrogen and oxygen atoms in total. The summed E-state index contributed by atoms with van der Waals surface area (Å²) in [6.07, 6.45) is 7.90. The molecule has 0 bridgehead atoms. The molecule has 1 aromatic heterocycles. The van der Waals surface area contributed by atoms with E-state index < -0.39 is 0 Å². The van der Waals surface area contributed by atoms with E-state index in [0.29, 0.717) is 0 Å². The molecule has 2 aliphatic heterocycles. The van der Waals surface area contributed by atoms with Crippen molar-refractivity contribution in [2.75, 3.05) is 39.3 Å². The average Bonchev–Trinajstić information content (AvgIpc) is 2.83. The summed E-state index contributed by atoms with van der Waals surface area (Å²) in [7, 11) is 0. The van der Waals surface area contributed by atoms with E-state index >= 15 is 0 Å². The molecule has 0 saturated carbocycles. The van der Waals surface area contributed by atoms with Crippen LogP contribution in [0.25, 0.3) is 0 Å². The minimum absolute atomic E-state index is 0.829. The number of nitrogens with one attached hydrogen (secondary N) is 1. The highest BCUT2D eigenvalue weighted by Gasteiger charge is 2.28. The van der Waals surface area contributed by atoms with Gasteiger partial charge in [0.1, 0.15) is 0 Å². The average molecular weight is 274 g/mol. The first-order chi connectivity index (χ1) is 9.92. The zero-order valence-corrected chi connectivity index (χ0v) is 12.3. The zero-order valence-electron chi connectivity index (χ0n) is 12.3. The molecule has 0 aromatic carbocycles. The number of fused-ring (bicyclic) bond motifs is 1. The smallest absolute Gasteiger partial charge is 0.0312 e. The van der Waals surface area contributed by atoms with Crippen molar-refractivity contribution in [1.29, 1.82) is 0 Å². The van der Waals surface area contributed by atoms with E-state index in [2.05, 4.69) is 26.2 Å². The quantitative estimate of drug-likeness (QED) is 0.821. The van der Waals surface area contributed by atoms with Crippen molar-refractivity contribution in [1.82, 2.24) is 20.1 Å². The lowest BCUT2D eigenvalue weighted by atomic mass is 10.2. The Morgan fingerprint density at radius 1 is 1.25 bits per heavy atom. The van der Waals surface area contributed by atoms with Gasteiger partial charge in [0.05, 0.1) is 0 Å². The van der Waals surface area contributed by atoms with Crippen LogP contribution in [0.1, 0.15) is 24.8 Å². The standard InChI is InChI=1S/C16H26N4/c1-4-15(12-17-6-1)13-18-7-11-19-8-3-10-20-9-2-5-16(20)14-19/h1,4,6,12,16,18H,2-3,5,7-11,13-14H2. The Bertz CT molecular complexity index is 395. The number of hydrogen-bond acceptors (Lipinski definition) is 4. The molecule has 2 saturated heterocycles. The first-order valence-corrected chi connectivity index (χ1v) is 7.98. The lowest BCUT2D eigenvalue weighted by Gasteiger charge is -2.25. The predicted octanol–water partition coefficient (Wildman–Crippen LogP) is 1.34. The van der Waals surface area contributed by atoms with E-state index in [0.717, 1.165) is 19.1 Å². The molecule has 3 heterocycles. The Morgan fingerprint density at radius 3 is 3.10 bits per heavy atom. The molecule has 0 amide bonds. The summed E-state index contributed by atoms with van der Waals surface area (Å²) in [6.45, 7) is 8.35. The first kappa shape index (κ1) is 14.0. The van der Waals surface area contributed by atoms with Crippen molar-refractivity contribution >= 4 is 0 Å². The van der Waals surface area contributed by atoms with Crippen LogP contribution < -0.4 is 5.32 Å². The minimum atomic E-state index is 0.829. The Balaban J connectivity index is 1.37. The van der Waals surface area contributed by atoms with Crippen LogP contribution in [0.15, 0.2) is 24.5 Å². The monoisotopic (exact) mass is 274 g/mol. The highest BCUT2D eigenvalue weighted by atomic mass is 15.3. The molecule has 0 radical (unpaired) electrons. The van der Waals surface area contributed by atoms with Gasteiger partial charge in [-0.3, -0.25) is 9.88 Å². The van der Waals surface area contributed by atoms with Gasteiger partial charge in [0.15, 0.2) is 0 Å². The lowest BCUT2D eigenvalue weighted by Crippen LogP contribution is -2.39. The molecule has 1 unspecified atom stereocenters. The lowest BCUT2D eigenvalue weighted by molar-refractivity contribution is 0.220. The number of pyridine rings is 1. The van der Waals surface area contributed by atoms with E-state index in [1.54, 1.807) is 0 Å². The predicted molar refractivity (Wildman–Crippen MR) is 81.6 cm³/mol. The third-order valence-corrected chi connectivity index (χ3v) is 4.54. The molecule has 1 atom stereocenters. The van der Waals surface area contributed by atoms with Gasteiger partial charge in [-0.1, -0.05) is 6.07 Å². The first-order valence-electron chi connectivity index (χ1n) is 7.98. The number of nitrogens with zero attached hydrogens (tertiary/aromatic N) is 3. The molecule has 4 heteroatoms. The Labute approximate surface area is 122 Å². The molecule has 3 rings (SSSR count). The van der Waals surface area contributed by atoms with Crippen LogP contribution in [-0.4, -0.2) is 60.1 Å². The third-order valence-electron chi connectivity index (χ3n) is 4.54. The van der Waals surface area contributed by atoms with Crippen molar-refractivity contribution in [3.63, 3.8) is 0 Å². The molecule has 0 spiro atoms. The van der Waals surface area contributed by atoms with Crippen molar-refractivity contribution < 1.29 is 0 Å². The Kier molecular flexibility index (Phi) is 5.01. The number of hydrogen-bond donors (Lipinski definition) is 1. The summed E-state index contributed by atoms with van der Waals surface area (Å²) in [5, 5.41) is 3.53. The zero-order chi connectivity index (χ0) is 13.6. The van der Waals surface area contributed by atoms with Gasteiger partial charge >= 0.3 is 0 Å². The third kappa shape index (κ3) is 3.78. The van der Waals surface area contributed by atoms with Gasteiger partial charge in [-0.15, -0.1) is 0 Å². The Hall–Kier alpha value is -0.970. The summed E-state index contributed by atoms with van der Waals surface area (Å²) < 4.78 is 0. The maximum absolute atomic E-state index is 4.15. The minimum Gasteiger partial charge on any atom is -0.311 e. The van der Waals surface area contributed by atoms with Crippen molar-refractivity contribution in [2.45, 2.75) is 31.8 Å². The molecule has 20 heavy (non-hydrogen) atoms. The van der Waals surface area contributed by atoms with Gasteiger partial charge in [-0.25, -0.2) is 0 Å². The van der Waals surface area contributed by atoms with E-state index in [-0.39, 0.29) is 0 Å². The number of rotatable bonds is 5. The SMILES string of the molecule is c1cncc(CNCCN2CCCN3CCCC3C2)c1. The Morgan fingerprint density at radius 2 is 2.20 bits per heavy atom. The van der Waals surface area contributed by atoms with Crippen LogP contribution in [0.3, 0.4) is 0 Å². The second-order valence-electron chi connectivity index (χ2n) is 6.02. The molecular formula is C16H26N4. The maximum atomic E-state index is 4.15. The summed E-state index contributed by atoms with van der Waals surface area (Å²) in [6, 6.07) is 4.96. The topological polar surface area (TPSA) is 31.4 Å². The fourth-order valence-corrected chi connectivity index (χ4v) is 3.46. The largest absolute Gasteiger partial charge is 0.311 e. The fraction of sp³-hybridized carbons (Fsp3) is 0.688. The van der Waals surface area contributed by atoms with Crippen LogP contribution in [-0.2, 0) is 6.54 Å². The fourth-order valence-electron chi connectivity index (χ4n) is 3.46. The highest BCUT2D eigenvalue weighted by Crippen LogP contribution is 2.20. The van der Waals surface area contributed by atoms with E-state index in [1.807, 2.05) is 18.5 Å². The molecule has 110 valence electrons. The molecule has 2 fully saturated rings. The summed E-state index contributed by atoms with van der Waals surface area (Å²) >= 11 is 0. The molecule has 1 aromatic rings. The molecular weight excluding hydrogens is 248 g/mol. The second-order valence-corrected chi connectivity index (χ2v) is 6.02. The van der Waals surface area contributed by atoms with Crippen LogP contribution >= 0.6 is 0 Å². The normalized spacial score (nSPS) is 24.5. The van der Waals surface area contributed by atoms with Crippen molar-refractivity contribution in [3.05, 3.63) is 30.1 Å². The van der Waals surface area contributed by atoms with E-state index in [1.165, 1.54) is 57.5 Å². The van der Waals surface area contributed by atoms with E-state index in [4.69, 9.17) is 0 Å². The van der Waals surface area contributed by atoms with Gasteiger partial charge in [-0.05, 0) is 50.5 Å². The van der Waals surface area contributed by atoms with Gasteiger partial charge in [0.25, 0.3) is 0 Å². The molecule has 2 aliphatic rings. The number of aromatic nitrogens is 1. The van der Waals surface area contributed by atoms with Crippen molar-refractivity contribution in [3.8, 4) is 0 Å². The van der Waals surface area contributed by atoms with Crippen molar-refractivity contribution in [2.24, 2.45) is 0 Å². The molecule has 0 aliphatic carbocycles. The van der Waals surface area contributed by atoms with Crippen LogP contribution in [0.2, 0.25) is 0 Å². The summed E-state index contributed by atoms with van der Waals surface area (Å²) in [4.78, 5) is 9.49. The highest BCUT2D eigenvalue weighted by molar-refractivity contribution is 5.07. The second kappa shape index (κ2) is 7.16. The van der Waals surface area contributed by atoms with Crippen LogP contribution in [0, 0.1) is 0 Å². The van der Waals surface area contributed by atoms with Gasteiger partial charge in [0, 0.05) is 44.6 Å². The van der Waals surface area contributed by atoms with Gasteiger partial charge in [0.2, 0.25) is 0 Å². The van der Waals surface area contributed by atoms with Crippen LogP contribution in [0.4, 0.5) is 0 Å².